The van der Waals surface area contributed by atoms with Crippen LogP contribution in [0.15, 0.2) is 12.1 Å². The van der Waals surface area contributed by atoms with Crippen LogP contribution in [-0.2, 0) is 0 Å². The highest BCUT2D eigenvalue weighted by Crippen LogP contribution is 2.29. The maximum absolute atomic E-state index is 13.9. The fourth-order valence-electron chi connectivity index (χ4n) is 2.24. The number of ether oxygens (including phenoxy) is 1. The summed E-state index contributed by atoms with van der Waals surface area (Å²) in [5, 5.41) is 19.7. The van der Waals surface area contributed by atoms with E-state index in [4.69, 9.17) is 9.84 Å². The van der Waals surface area contributed by atoms with Crippen molar-refractivity contribution in [3.63, 3.8) is 0 Å². The lowest BCUT2D eigenvalue weighted by Gasteiger charge is -2.29. The van der Waals surface area contributed by atoms with Crippen LogP contribution in [0, 0.1) is 15.9 Å². The van der Waals surface area contributed by atoms with E-state index in [0.29, 0.717) is 18.9 Å². The van der Waals surface area contributed by atoms with Crippen LogP contribution in [0.25, 0.3) is 0 Å². The Morgan fingerprint density at radius 2 is 2.10 bits per heavy atom. The first kappa shape index (κ1) is 15.2. The van der Waals surface area contributed by atoms with Gasteiger partial charge >= 0.3 is 5.97 Å². The van der Waals surface area contributed by atoms with Gasteiger partial charge in [0.25, 0.3) is 5.69 Å². The van der Waals surface area contributed by atoms with Crippen LogP contribution in [0.1, 0.15) is 23.2 Å². The quantitative estimate of drug-likeness (QED) is 0.674. The number of hydrogen-bond acceptors (Lipinski definition) is 5. The van der Waals surface area contributed by atoms with Crippen molar-refractivity contribution < 1.29 is 24.0 Å². The first-order valence-corrected chi connectivity index (χ1v) is 6.45. The molecular formula is C13H15FN2O5. The number of carboxylic acids is 1. The molecule has 0 aromatic heterocycles. The second-order valence-electron chi connectivity index (χ2n) is 4.98. The first-order chi connectivity index (χ1) is 9.88. The van der Waals surface area contributed by atoms with Crippen molar-refractivity contribution in [3.8, 4) is 5.75 Å². The number of nitrogens with zero attached hydrogens (tertiary/aromatic N) is 2. The fourth-order valence-corrected chi connectivity index (χ4v) is 2.24. The van der Waals surface area contributed by atoms with Gasteiger partial charge in [-0.3, -0.25) is 10.1 Å². The molecule has 0 bridgehead atoms. The maximum atomic E-state index is 13.9. The van der Waals surface area contributed by atoms with E-state index in [0.717, 1.165) is 19.2 Å². The normalized spacial score (nSPS) is 16.7. The molecule has 1 aromatic carbocycles. The van der Waals surface area contributed by atoms with E-state index in [1.807, 2.05) is 7.05 Å². The van der Waals surface area contributed by atoms with Crippen molar-refractivity contribution in [2.45, 2.75) is 18.9 Å². The van der Waals surface area contributed by atoms with E-state index in [1.165, 1.54) is 0 Å². The Labute approximate surface area is 120 Å². The van der Waals surface area contributed by atoms with Crippen LogP contribution in [0.5, 0.6) is 5.75 Å². The van der Waals surface area contributed by atoms with Crippen molar-refractivity contribution in [3.05, 3.63) is 33.6 Å². The van der Waals surface area contributed by atoms with Gasteiger partial charge in [-0.2, -0.15) is 0 Å². The number of benzene rings is 1. The van der Waals surface area contributed by atoms with Gasteiger partial charge in [-0.1, -0.05) is 0 Å². The number of aromatic carboxylic acids is 1. The summed E-state index contributed by atoms with van der Waals surface area (Å²) in [7, 11) is 1.96. The van der Waals surface area contributed by atoms with Gasteiger partial charge in [-0.05, 0) is 19.9 Å². The van der Waals surface area contributed by atoms with Crippen LogP contribution in [0.4, 0.5) is 10.1 Å². The molecule has 0 atom stereocenters. The molecule has 2 rings (SSSR count). The molecule has 1 aliphatic rings. The summed E-state index contributed by atoms with van der Waals surface area (Å²) in [6, 6.07) is 1.47. The molecule has 0 saturated carbocycles. The van der Waals surface area contributed by atoms with E-state index >= 15 is 0 Å². The largest absolute Gasteiger partial charge is 0.487 e. The van der Waals surface area contributed by atoms with Gasteiger partial charge in [0.05, 0.1) is 11.0 Å². The van der Waals surface area contributed by atoms with Crippen LogP contribution < -0.4 is 4.74 Å². The molecule has 1 aromatic rings. The summed E-state index contributed by atoms with van der Waals surface area (Å²) in [4.78, 5) is 23.0. The summed E-state index contributed by atoms with van der Waals surface area (Å²) in [5.74, 6) is -2.67. The SMILES string of the molecule is CN1CCC(Oc2cc(C(=O)O)c([N+](=O)[O-])cc2F)CC1. The topological polar surface area (TPSA) is 92.9 Å². The fraction of sp³-hybridized carbons (Fsp3) is 0.462. The number of carboxylic acid groups (broad SMARTS) is 1. The molecule has 1 saturated heterocycles. The third-order valence-electron chi connectivity index (χ3n) is 3.44. The van der Waals surface area contributed by atoms with Crippen LogP contribution >= 0.6 is 0 Å². The molecule has 7 nitrogen and oxygen atoms in total. The predicted molar refractivity (Wildman–Crippen MR) is 71.2 cm³/mol. The minimum absolute atomic E-state index is 0.223. The molecule has 8 heteroatoms. The first-order valence-electron chi connectivity index (χ1n) is 6.45. The van der Waals surface area contributed by atoms with E-state index in [9.17, 15) is 19.3 Å². The summed E-state index contributed by atoms with van der Waals surface area (Å²) < 4.78 is 19.3. The Balaban J connectivity index is 2.25. The molecule has 0 aliphatic carbocycles. The van der Waals surface area contributed by atoms with Crippen LogP contribution in [0.3, 0.4) is 0 Å². The van der Waals surface area contributed by atoms with Crippen molar-refractivity contribution >= 4 is 11.7 Å². The number of nitro benzene ring substituents is 1. The molecule has 1 N–H and O–H groups in total. The monoisotopic (exact) mass is 298 g/mol. The Bertz CT molecular complexity index is 570. The lowest BCUT2D eigenvalue weighted by atomic mass is 10.1. The third-order valence-corrected chi connectivity index (χ3v) is 3.44. The molecule has 0 unspecified atom stereocenters. The van der Waals surface area contributed by atoms with Crippen molar-refractivity contribution in [1.82, 2.24) is 4.90 Å². The average molecular weight is 298 g/mol. The van der Waals surface area contributed by atoms with Crippen molar-refractivity contribution in [2.24, 2.45) is 0 Å². The van der Waals surface area contributed by atoms with Gasteiger partial charge < -0.3 is 14.7 Å². The zero-order chi connectivity index (χ0) is 15.6. The number of likely N-dealkylation sites (tertiary alicyclic amines) is 1. The molecular weight excluding hydrogens is 283 g/mol. The van der Waals surface area contributed by atoms with Gasteiger partial charge in [0, 0.05) is 19.2 Å². The molecule has 0 amide bonds. The Kier molecular flexibility index (Phi) is 4.37. The minimum Gasteiger partial charge on any atom is -0.487 e. The van der Waals surface area contributed by atoms with Crippen LogP contribution in [-0.4, -0.2) is 47.1 Å². The number of halogens is 1. The van der Waals surface area contributed by atoms with Gasteiger partial charge in [0.1, 0.15) is 11.7 Å². The molecule has 114 valence electrons. The average Bonchev–Trinajstić information content (AvgIpc) is 2.42. The smallest absolute Gasteiger partial charge is 0.342 e. The second-order valence-corrected chi connectivity index (χ2v) is 4.98. The summed E-state index contributed by atoms with van der Waals surface area (Å²) in [6.07, 6.45) is 1.16. The number of carbonyl (C=O) groups is 1. The highest BCUT2D eigenvalue weighted by atomic mass is 19.1. The molecule has 1 heterocycles. The molecule has 1 fully saturated rings. The molecule has 1 aliphatic heterocycles. The van der Waals surface area contributed by atoms with Gasteiger partial charge in [-0.15, -0.1) is 0 Å². The van der Waals surface area contributed by atoms with E-state index < -0.39 is 28.0 Å². The van der Waals surface area contributed by atoms with Crippen LogP contribution in [0.2, 0.25) is 0 Å². The Hall–Kier alpha value is -2.22. The highest BCUT2D eigenvalue weighted by molar-refractivity contribution is 5.92. The summed E-state index contributed by atoms with van der Waals surface area (Å²) in [6.45, 7) is 1.59. The lowest BCUT2D eigenvalue weighted by Crippen LogP contribution is -2.35. The van der Waals surface area contributed by atoms with E-state index in [-0.39, 0.29) is 11.9 Å². The lowest BCUT2D eigenvalue weighted by molar-refractivity contribution is -0.385. The zero-order valence-electron chi connectivity index (χ0n) is 11.4. The van der Waals surface area contributed by atoms with Gasteiger partial charge in [-0.25, -0.2) is 9.18 Å². The Morgan fingerprint density at radius 3 is 2.62 bits per heavy atom. The predicted octanol–water partition coefficient (Wildman–Crippen LogP) is 1.91. The van der Waals surface area contributed by atoms with Gasteiger partial charge in [0.2, 0.25) is 0 Å². The van der Waals surface area contributed by atoms with E-state index in [1.54, 1.807) is 0 Å². The van der Waals surface area contributed by atoms with E-state index in [2.05, 4.69) is 4.90 Å². The van der Waals surface area contributed by atoms with Crippen molar-refractivity contribution in [2.75, 3.05) is 20.1 Å². The standard InChI is InChI=1S/C13H15FN2O5/c1-15-4-2-8(3-5-15)21-12-6-9(13(17)18)11(16(19)20)7-10(12)14/h6-8H,2-5H2,1H3,(H,17,18). The Morgan fingerprint density at radius 1 is 1.48 bits per heavy atom. The summed E-state index contributed by atoms with van der Waals surface area (Å²) in [5.41, 5.74) is -1.36. The molecule has 0 radical (unpaired) electrons. The van der Waals surface area contributed by atoms with Gasteiger partial charge in [0.15, 0.2) is 11.6 Å². The maximum Gasteiger partial charge on any atom is 0.342 e. The number of nitro groups is 1. The minimum atomic E-state index is -1.49. The number of rotatable bonds is 4. The molecule has 0 spiro atoms. The zero-order valence-corrected chi connectivity index (χ0v) is 11.4. The van der Waals surface area contributed by atoms with Crippen molar-refractivity contribution in [1.29, 1.82) is 0 Å². The third kappa shape index (κ3) is 3.46. The number of hydrogen-bond donors (Lipinski definition) is 1. The molecule has 21 heavy (non-hydrogen) atoms. The second kappa shape index (κ2) is 6.04. The summed E-state index contributed by atoms with van der Waals surface area (Å²) >= 11 is 0. The number of piperidine rings is 1. The highest BCUT2D eigenvalue weighted by Gasteiger charge is 2.26.